The summed E-state index contributed by atoms with van der Waals surface area (Å²) >= 11 is 6.12. The molecule has 0 aliphatic rings. The normalized spacial score (nSPS) is 13.5. The molecule has 0 N–H and O–H groups in total. The molecule has 0 saturated heterocycles. The molecule has 3 nitrogen and oxygen atoms in total. The Morgan fingerprint density at radius 3 is 1.62 bits per heavy atom. The molecule has 0 aliphatic heterocycles. The van der Waals surface area contributed by atoms with Crippen LogP contribution < -0.4 is 9.47 Å². The molecule has 2 aromatic carbocycles. The molecule has 142 valence electrons. The van der Waals surface area contributed by atoms with Crippen molar-refractivity contribution in [2.75, 3.05) is 26.6 Å². The Labute approximate surface area is 162 Å². The van der Waals surface area contributed by atoms with Gasteiger partial charge in [-0.25, -0.2) is 0 Å². The third-order valence-corrected chi connectivity index (χ3v) is 5.06. The number of alkyl halides is 1. The average Bonchev–Trinajstić information content (AvgIpc) is 2.66. The molecule has 0 amide bonds. The summed E-state index contributed by atoms with van der Waals surface area (Å²) in [5, 5.41) is 0. The molecule has 0 radical (unpaired) electrons. The highest BCUT2D eigenvalue weighted by Gasteiger charge is 2.22. The molecule has 0 aliphatic carbocycles. The van der Waals surface area contributed by atoms with Crippen molar-refractivity contribution in [3.63, 3.8) is 0 Å². The zero-order chi connectivity index (χ0) is 18.9. The summed E-state index contributed by atoms with van der Waals surface area (Å²) in [6.45, 7) is 5.38. The van der Waals surface area contributed by atoms with E-state index >= 15 is 0 Å². The van der Waals surface area contributed by atoms with Gasteiger partial charge in [-0.3, -0.25) is 4.90 Å². The minimum atomic E-state index is 0.356. The maximum Gasteiger partial charge on any atom is 0.122 e. The van der Waals surface area contributed by atoms with E-state index < -0.39 is 0 Å². The first-order valence-electron chi connectivity index (χ1n) is 9.16. The Morgan fingerprint density at radius 2 is 1.23 bits per heavy atom. The van der Waals surface area contributed by atoms with Crippen LogP contribution in [0, 0.1) is 0 Å². The third kappa shape index (κ3) is 5.39. The van der Waals surface area contributed by atoms with E-state index in [2.05, 4.69) is 43.0 Å². The first-order chi connectivity index (χ1) is 12.6. The van der Waals surface area contributed by atoms with Crippen LogP contribution in [0.15, 0.2) is 48.5 Å². The number of halogens is 1. The standard InChI is InChI=1S/C22H30ClNO2/c1-17(15-19-9-5-7-11-21(19)25-3)24(14-13-23)18(2)16-20-10-6-8-12-22(20)26-4/h5-12,17-18H,13-16H2,1-4H3. The van der Waals surface area contributed by atoms with Crippen LogP contribution in [0.4, 0.5) is 0 Å². The summed E-state index contributed by atoms with van der Waals surface area (Å²) in [5.74, 6) is 2.51. The zero-order valence-corrected chi connectivity index (χ0v) is 17.0. The van der Waals surface area contributed by atoms with Gasteiger partial charge in [-0.05, 0) is 49.9 Å². The lowest BCUT2D eigenvalue weighted by atomic mass is 10.00. The van der Waals surface area contributed by atoms with Crippen molar-refractivity contribution < 1.29 is 9.47 Å². The van der Waals surface area contributed by atoms with Crippen molar-refractivity contribution in [3.05, 3.63) is 59.7 Å². The Kier molecular flexibility index (Phi) is 8.27. The van der Waals surface area contributed by atoms with Crippen molar-refractivity contribution in [1.82, 2.24) is 4.90 Å². The largest absolute Gasteiger partial charge is 0.496 e. The van der Waals surface area contributed by atoms with Gasteiger partial charge in [0, 0.05) is 24.5 Å². The third-order valence-electron chi connectivity index (χ3n) is 4.89. The van der Waals surface area contributed by atoms with Crippen LogP contribution in [0.25, 0.3) is 0 Å². The van der Waals surface area contributed by atoms with Crippen LogP contribution >= 0.6 is 11.6 Å². The summed E-state index contributed by atoms with van der Waals surface area (Å²) in [6, 6.07) is 17.2. The zero-order valence-electron chi connectivity index (χ0n) is 16.2. The smallest absolute Gasteiger partial charge is 0.122 e. The molecule has 26 heavy (non-hydrogen) atoms. The van der Waals surface area contributed by atoms with Gasteiger partial charge in [0.15, 0.2) is 0 Å². The van der Waals surface area contributed by atoms with Crippen LogP contribution in [-0.2, 0) is 12.8 Å². The second kappa shape index (κ2) is 10.4. The quantitative estimate of drug-likeness (QED) is 0.556. The Balaban J connectivity index is 2.13. The highest BCUT2D eigenvalue weighted by atomic mass is 35.5. The number of benzene rings is 2. The van der Waals surface area contributed by atoms with Gasteiger partial charge in [-0.1, -0.05) is 36.4 Å². The fourth-order valence-electron chi connectivity index (χ4n) is 3.59. The summed E-state index contributed by atoms with van der Waals surface area (Å²) in [4.78, 5) is 2.48. The molecular formula is C22H30ClNO2. The van der Waals surface area contributed by atoms with E-state index in [-0.39, 0.29) is 0 Å². The number of para-hydroxylation sites is 2. The molecule has 0 saturated carbocycles. The van der Waals surface area contributed by atoms with Crippen molar-refractivity contribution in [1.29, 1.82) is 0 Å². The van der Waals surface area contributed by atoms with Gasteiger partial charge >= 0.3 is 0 Å². The minimum Gasteiger partial charge on any atom is -0.496 e. The van der Waals surface area contributed by atoms with Gasteiger partial charge in [0.05, 0.1) is 14.2 Å². The molecule has 0 heterocycles. The summed E-state index contributed by atoms with van der Waals surface area (Å²) in [5.41, 5.74) is 2.46. The Morgan fingerprint density at radius 1 is 0.808 bits per heavy atom. The van der Waals surface area contributed by atoms with Gasteiger partial charge in [-0.2, -0.15) is 0 Å². The molecule has 2 aromatic rings. The van der Waals surface area contributed by atoms with Crippen molar-refractivity contribution in [3.8, 4) is 11.5 Å². The number of rotatable bonds is 10. The van der Waals surface area contributed by atoms with E-state index in [9.17, 15) is 0 Å². The molecule has 0 spiro atoms. The molecule has 0 fully saturated rings. The molecular weight excluding hydrogens is 346 g/mol. The number of hydrogen-bond donors (Lipinski definition) is 0. The van der Waals surface area contributed by atoms with Gasteiger partial charge in [0.1, 0.15) is 11.5 Å². The number of methoxy groups -OCH3 is 2. The molecule has 2 atom stereocenters. The van der Waals surface area contributed by atoms with Crippen LogP contribution in [-0.4, -0.2) is 43.6 Å². The topological polar surface area (TPSA) is 21.7 Å². The van der Waals surface area contributed by atoms with E-state index in [1.54, 1.807) is 14.2 Å². The van der Waals surface area contributed by atoms with E-state index in [4.69, 9.17) is 21.1 Å². The van der Waals surface area contributed by atoms with Crippen LogP contribution in [0.2, 0.25) is 0 Å². The fourth-order valence-corrected chi connectivity index (χ4v) is 3.78. The summed E-state index contributed by atoms with van der Waals surface area (Å²) in [7, 11) is 3.45. The van der Waals surface area contributed by atoms with Crippen LogP contribution in [0.1, 0.15) is 25.0 Å². The lowest BCUT2D eigenvalue weighted by Crippen LogP contribution is -2.43. The van der Waals surface area contributed by atoms with E-state index in [1.165, 1.54) is 11.1 Å². The van der Waals surface area contributed by atoms with Crippen LogP contribution in [0.3, 0.4) is 0 Å². The Bertz CT molecular complexity index is 621. The van der Waals surface area contributed by atoms with Gasteiger partial charge in [0.25, 0.3) is 0 Å². The number of hydrogen-bond acceptors (Lipinski definition) is 3. The molecule has 2 unspecified atom stereocenters. The number of nitrogens with zero attached hydrogens (tertiary/aromatic N) is 1. The van der Waals surface area contributed by atoms with Gasteiger partial charge < -0.3 is 9.47 Å². The van der Waals surface area contributed by atoms with Crippen molar-refractivity contribution in [2.45, 2.75) is 38.8 Å². The van der Waals surface area contributed by atoms with Crippen LogP contribution in [0.5, 0.6) is 11.5 Å². The van der Waals surface area contributed by atoms with Gasteiger partial charge in [0.2, 0.25) is 0 Å². The second-order valence-electron chi connectivity index (χ2n) is 6.66. The van der Waals surface area contributed by atoms with E-state index in [0.717, 1.165) is 30.9 Å². The predicted molar refractivity (Wildman–Crippen MR) is 110 cm³/mol. The fraction of sp³-hybridized carbons (Fsp3) is 0.455. The lowest BCUT2D eigenvalue weighted by Gasteiger charge is -2.35. The maximum absolute atomic E-state index is 6.12. The molecule has 4 heteroatoms. The second-order valence-corrected chi connectivity index (χ2v) is 7.03. The summed E-state index contributed by atoms with van der Waals surface area (Å²) < 4.78 is 11.0. The van der Waals surface area contributed by atoms with E-state index in [1.807, 2.05) is 24.3 Å². The Hall–Kier alpha value is -1.71. The first-order valence-corrected chi connectivity index (χ1v) is 9.69. The lowest BCUT2D eigenvalue weighted by molar-refractivity contribution is 0.160. The molecule has 2 rings (SSSR count). The average molecular weight is 376 g/mol. The van der Waals surface area contributed by atoms with E-state index in [0.29, 0.717) is 18.0 Å². The monoisotopic (exact) mass is 375 g/mol. The number of ether oxygens (including phenoxy) is 2. The molecule has 0 bridgehead atoms. The highest BCUT2D eigenvalue weighted by Crippen LogP contribution is 2.24. The highest BCUT2D eigenvalue weighted by molar-refractivity contribution is 6.18. The van der Waals surface area contributed by atoms with Crippen molar-refractivity contribution in [2.24, 2.45) is 0 Å². The van der Waals surface area contributed by atoms with Crippen molar-refractivity contribution >= 4 is 11.6 Å². The maximum atomic E-state index is 6.12. The minimum absolute atomic E-state index is 0.356. The van der Waals surface area contributed by atoms with Gasteiger partial charge in [-0.15, -0.1) is 11.6 Å². The summed E-state index contributed by atoms with van der Waals surface area (Å²) in [6.07, 6.45) is 1.86. The molecule has 0 aromatic heterocycles. The SMILES string of the molecule is COc1ccccc1CC(C)N(CCCl)C(C)Cc1ccccc1OC. The first kappa shape index (κ1) is 20.6. The predicted octanol–water partition coefficient (Wildman–Crippen LogP) is 4.81.